The van der Waals surface area contributed by atoms with Gasteiger partial charge in [0.15, 0.2) is 10.8 Å². The van der Waals surface area contributed by atoms with Crippen molar-refractivity contribution in [2.75, 3.05) is 7.05 Å². The van der Waals surface area contributed by atoms with Gasteiger partial charge >= 0.3 is 5.97 Å². The van der Waals surface area contributed by atoms with E-state index in [0.29, 0.717) is 16.5 Å². The van der Waals surface area contributed by atoms with Crippen LogP contribution in [0.25, 0.3) is 10.8 Å². The van der Waals surface area contributed by atoms with Gasteiger partial charge in [0.05, 0.1) is 12.0 Å². The molecule has 0 aromatic carbocycles. The summed E-state index contributed by atoms with van der Waals surface area (Å²) in [5.41, 5.74) is 0.720. The Morgan fingerprint density at radius 2 is 2.28 bits per heavy atom. The summed E-state index contributed by atoms with van der Waals surface area (Å²) in [6.45, 7) is -0.0185. The third kappa shape index (κ3) is 3.65. The van der Waals surface area contributed by atoms with Crippen LogP contribution < -0.4 is 4.72 Å². The van der Waals surface area contributed by atoms with Crippen LogP contribution in [0.4, 0.5) is 0 Å². The first kappa shape index (κ1) is 17.4. The molecule has 0 atom stereocenters. The molecule has 0 aliphatic heterocycles. The number of sulfonamides is 1. The maximum Gasteiger partial charge on any atom is 0.355 e. The smallest absolute Gasteiger partial charge is 0.355 e. The van der Waals surface area contributed by atoms with Gasteiger partial charge in [0, 0.05) is 18.6 Å². The number of carbonyl (C=O) groups is 1. The highest BCUT2D eigenvalue weighted by Gasteiger charge is 2.20. The number of furan rings is 1. The van der Waals surface area contributed by atoms with Crippen molar-refractivity contribution in [3.05, 3.63) is 47.4 Å². The van der Waals surface area contributed by atoms with E-state index in [1.54, 1.807) is 30.8 Å². The van der Waals surface area contributed by atoms with Gasteiger partial charge in [-0.25, -0.2) is 22.9 Å². The molecule has 8 nitrogen and oxygen atoms in total. The van der Waals surface area contributed by atoms with E-state index in [9.17, 15) is 13.2 Å². The molecule has 10 heteroatoms. The van der Waals surface area contributed by atoms with E-state index in [0.717, 1.165) is 0 Å². The minimum absolute atomic E-state index is 0.00165. The first-order chi connectivity index (χ1) is 11.9. The highest BCUT2D eigenvalue weighted by atomic mass is 32.2. The van der Waals surface area contributed by atoms with Crippen LogP contribution in [0.15, 0.2) is 45.4 Å². The van der Waals surface area contributed by atoms with Gasteiger partial charge in [-0.05, 0) is 25.2 Å². The number of hydrogen-bond acceptors (Lipinski definition) is 7. The van der Waals surface area contributed by atoms with E-state index in [1.807, 2.05) is 0 Å². The lowest BCUT2D eigenvalue weighted by Gasteiger charge is -2.03. The SMILES string of the molecule is CNS(=O)(=O)c1cc(C(=O)OCc2csc(-c3ccco3)n2)n(C)c1. The fraction of sp³-hybridized carbons (Fsp3) is 0.200. The van der Waals surface area contributed by atoms with Gasteiger partial charge < -0.3 is 13.7 Å². The van der Waals surface area contributed by atoms with Crippen LogP contribution in [0.2, 0.25) is 0 Å². The van der Waals surface area contributed by atoms with Gasteiger partial charge in [-0.1, -0.05) is 0 Å². The number of thiazole rings is 1. The molecule has 0 spiro atoms. The van der Waals surface area contributed by atoms with Crippen molar-refractivity contribution in [3.8, 4) is 10.8 Å². The third-order valence-electron chi connectivity index (χ3n) is 3.40. The third-order valence-corrected chi connectivity index (χ3v) is 5.69. The number of ether oxygens (including phenoxy) is 1. The first-order valence-electron chi connectivity index (χ1n) is 7.16. The molecular formula is C15H15N3O5S2. The maximum atomic E-state index is 12.2. The molecule has 0 aliphatic rings. The summed E-state index contributed by atoms with van der Waals surface area (Å²) in [5.74, 6) is 0.0135. The molecule has 3 aromatic heterocycles. The molecule has 0 saturated heterocycles. The van der Waals surface area contributed by atoms with E-state index >= 15 is 0 Å². The van der Waals surface area contributed by atoms with Gasteiger partial charge in [0.25, 0.3) is 0 Å². The van der Waals surface area contributed by atoms with Crippen molar-refractivity contribution in [3.63, 3.8) is 0 Å². The van der Waals surface area contributed by atoms with Gasteiger partial charge in [0.2, 0.25) is 10.0 Å². The van der Waals surface area contributed by atoms with Crippen LogP contribution in [0.3, 0.4) is 0 Å². The van der Waals surface area contributed by atoms with E-state index in [-0.39, 0.29) is 17.2 Å². The second kappa shape index (κ2) is 6.82. The predicted molar refractivity (Wildman–Crippen MR) is 90.6 cm³/mol. The average Bonchev–Trinajstić information content (AvgIpc) is 3.32. The summed E-state index contributed by atoms with van der Waals surface area (Å²) in [4.78, 5) is 16.5. The Kier molecular flexibility index (Phi) is 4.75. The summed E-state index contributed by atoms with van der Waals surface area (Å²) in [6, 6.07) is 4.83. The summed E-state index contributed by atoms with van der Waals surface area (Å²) < 4.78 is 37.7. The lowest BCUT2D eigenvalue weighted by molar-refractivity contribution is 0.0457. The van der Waals surface area contributed by atoms with E-state index in [2.05, 4.69) is 9.71 Å². The molecule has 0 bridgehead atoms. The molecular weight excluding hydrogens is 366 g/mol. The minimum atomic E-state index is -3.62. The zero-order chi connectivity index (χ0) is 18.0. The van der Waals surface area contributed by atoms with Crippen LogP contribution in [0.5, 0.6) is 0 Å². The topological polar surface area (TPSA) is 103 Å². The number of esters is 1. The van der Waals surface area contributed by atoms with Crippen LogP contribution in [-0.4, -0.2) is 31.0 Å². The number of nitrogens with zero attached hydrogens (tertiary/aromatic N) is 2. The Morgan fingerprint density at radius 3 is 2.96 bits per heavy atom. The Labute approximate surface area is 148 Å². The molecule has 0 aliphatic carbocycles. The van der Waals surface area contributed by atoms with Crippen molar-refractivity contribution in [1.29, 1.82) is 0 Å². The molecule has 3 aromatic rings. The number of nitrogens with one attached hydrogen (secondary N) is 1. The normalized spacial score (nSPS) is 11.6. The molecule has 0 amide bonds. The first-order valence-corrected chi connectivity index (χ1v) is 9.52. The van der Waals surface area contributed by atoms with E-state index < -0.39 is 16.0 Å². The number of aryl methyl sites for hydroxylation is 1. The van der Waals surface area contributed by atoms with Gasteiger partial charge in [0.1, 0.15) is 17.2 Å². The molecule has 132 valence electrons. The Bertz CT molecular complexity index is 986. The van der Waals surface area contributed by atoms with Crippen molar-refractivity contribution in [1.82, 2.24) is 14.3 Å². The predicted octanol–water partition coefficient (Wildman–Crippen LogP) is 2.01. The van der Waals surface area contributed by atoms with Crippen molar-refractivity contribution in [2.45, 2.75) is 11.5 Å². The molecule has 0 fully saturated rings. The Balaban J connectivity index is 1.69. The maximum absolute atomic E-state index is 12.2. The molecule has 1 N–H and O–H groups in total. The molecule has 0 saturated carbocycles. The zero-order valence-electron chi connectivity index (χ0n) is 13.4. The summed E-state index contributed by atoms with van der Waals surface area (Å²) >= 11 is 1.38. The van der Waals surface area contributed by atoms with Crippen molar-refractivity contribution in [2.24, 2.45) is 7.05 Å². The summed E-state index contributed by atoms with van der Waals surface area (Å²) in [7, 11) is -0.745. The fourth-order valence-electron chi connectivity index (χ4n) is 2.10. The molecule has 3 rings (SSSR count). The van der Waals surface area contributed by atoms with Crippen LogP contribution in [0, 0.1) is 0 Å². The number of hydrogen-bond donors (Lipinski definition) is 1. The van der Waals surface area contributed by atoms with Gasteiger partial charge in [-0.15, -0.1) is 11.3 Å². The zero-order valence-corrected chi connectivity index (χ0v) is 15.1. The lowest BCUT2D eigenvalue weighted by atomic mass is 10.4. The van der Waals surface area contributed by atoms with Crippen LogP contribution >= 0.6 is 11.3 Å². The van der Waals surface area contributed by atoms with Gasteiger partial charge in [-0.2, -0.15) is 0 Å². The second-order valence-corrected chi connectivity index (χ2v) is 7.82. The molecule has 0 radical (unpaired) electrons. The second-order valence-electron chi connectivity index (χ2n) is 5.08. The standard InChI is InChI=1S/C15H15N3O5S2/c1-16-25(20,21)11-6-12(18(2)7-11)15(19)23-8-10-9-24-14(17-10)13-4-3-5-22-13/h3-7,9,16H,8H2,1-2H3. The largest absolute Gasteiger partial charge is 0.462 e. The van der Waals surface area contributed by atoms with E-state index in [1.165, 1.54) is 35.2 Å². The van der Waals surface area contributed by atoms with Crippen molar-refractivity contribution < 1.29 is 22.4 Å². The monoisotopic (exact) mass is 381 g/mol. The van der Waals surface area contributed by atoms with Crippen LogP contribution in [-0.2, 0) is 28.4 Å². The summed E-state index contributed by atoms with van der Waals surface area (Å²) in [6.07, 6.45) is 2.91. The number of carbonyl (C=O) groups excluding carboxylic acids is 1. The molecule has 3 heterocycles. The van der Waals surface area contributed by atoms with E-state index in [4.69, 9.17) is 9.15 Å². The summed E-state index contributed by atoms with van der Waals surface area (Å²) in [5, 5.41) is 2.46. The Hall–Kier alpha value is -2.43. The van der Waals surface area contributed by atoms with Crippen molar-refractivity contribution >= 4 is 27.3 Å². The highest BCUT2D eigenvalue weighted by Crippen LogP contribution is 2.24. The van der Waals surface area contributed by atoms with Crippen LogP contribution in [0.1, 0.15) is 16.2 Å². The lowest BCUT2D eigenvalue weighted by Crippen LogP contribution is -2.17. The fourth-order valence-corrected chi connectivity index (χ4v) is 3.67. The quantitative estimate of drug-likeness (QED) is 0.655. The Morgan fingerprint density at radius 1 is 1.48 bits per heavy atom. The molecule has 0 unspecified atom stereocenters. The number of rotatable bonds is 6. The molecule has 25 heavy (non-hydrogen) atoms. The average molecular weight is 381 g/mol. The number of aromatic nitrogens is 2. The minimum Gasteiger partial charge on any atom is -0.462 e. The highest BCUT2D eigenvalue weighted by molar-refractivity contribution is 7.89. The van der Waals surface area contributed by atoms with Gasteiger partial charge in [-0.3, -0.25) is 0 Å².